The molecule has 0 radical (unpaired) electrons. The maximum absolute atomic E-state index is 5.47. The lowest BCUT2D eigenvalue weighted by Gasteiger charge is -2.22. The zero-order valence-corrected chi connectivity index (χ0v) is 7.85. The fourth-order valence-electron chi connectivity index (χ4n) is 1.65. The van der Waals surface area contributed by atoms with E-state index in [1.165, 1.54) is 11.1 Å². The Bertz CT molecular complexity index is 329. The van der Waals surface area contributed by atoms with Gasteiger partial charge in [0.05, 0.1) is 6.26 Å². The van der Waals surface area contributed by atoms with E-state index in [0.717, 1.165) is 12.2 Å². The lowest BCUT2D eigenvalue weighted by Crippen LogP contribution is -2.14. The van der Waals surface area contributed by atoms with Crippen LogP contribution in [0.3, 0.4) is 0 Å². The quantitative estimate of drug-likeness (QED) is 0.571. The molecule has 0 aliphatic heterocycles. The minimum Gasteiger partial charge on any atom is -0.468 e. The van der Waals surface area contributed by atoms with Gasteiger partial charge in [-0.25, -0.2) is 0 Å². The third-order valence-corrected chi connectivity index (χ3v) is 2.42. The fourth-order valence-corrected chi connectivity index (χ4v) is 1.65. The molecule has 1 aliphatic carbocycles. The molecule has 1 heteroatoms. The highest BCUT2D eigenvalue weighted by Gasteiger charge is 2.23. The molecule has 64 valence electrons. The maximum Gasteiger partial charge on any atom is 0.112 e. The Morgan fingerprint density at radius 2 is 2.17 bits per heavy atom. The van der Waals surface area contributed by atoms with E-state index in [1.807, 2.05) is 6.26 Å². The van der Waals surface area contributed by atoms with Crippen molar-refractivity contribution in [2.24, 2.45) is 5.41 Å². The van der Waals surface area contributed by atoms with Gasteiger partial charge in [-0.15, -0.1) is 0 Å². The second-order valence-corrected chi connectivity index (χ2v) is 4.25. The van der Waals surface area contributed by atoms with Gasteiger partial charge < -0.3 is 4.42 Å². The smallest absolute Gasteiger partial charge is 0.112 e. The first-order chi connectivity index (χ1) is 5.58. The predicted molar refractivity (Wildman–Crippen MR) is 50.0 cm³/mol. The number of aryl methyl sites for hydroxylation is 1. The largest absolute Gasteiger partial charge is 0.468 e. The van der Waals surface area contributed by atoms with Crippen LogP contribution in [0.1, 0.15) is 30.7 Å². The molecule has 0 bridgehead atoms. The molecule has 1 aromatic heterocycles. The number of fused-ring (bicyclic) bond motifs is 1. The van der Waals surface area contributed by atoms with Gasteiger partial charge in [0.2, 0.25) is 0 Å². The third kappa shape index (κ3) is 1.09. The van der Waals surface area contributed by atoms with Crippen molar-refractivity contribution in [1.82, 2.24) is 0 Å². The summed E-state index contributed by atoms with van der Waals surface area (Å²) in [6.45, 7) is 6.54. The van der Waals surface area contributed by atoms with Crippen LogP contribution in [-0.4, -0.2) is 0 Å². The third-order valence-electron chi connectivity index (χ3n) is 2.42. The molecule has 0 aromatic carbocycles. The zero-order chi connectivity index (χ0) is 8.77. The molecule has 0 N–H and O–H groups in total. The number of furan rings is 1. The average Bonchev–Trinajstić information content (AvgIpc) is 2.30. The summed E-state index contributed by atoms with van der Waals surface area (Å²) in [5, 5.41) is 0. The maximum atomic E-state index is 5.47. The van der Waals surface area contributed by atoms with Gasteiger partial charge in [-0.1, -0.05) is 26.0 Å². The second-order valence-electron chi connectivity index (χ2n) is 4.25. The first-order valence-corrected chi connectivity index (χ1v) is 4.35. The molecule has 1 nitrogen and oxygen atoms in total. The Kier molecular flexibility index (Phi) is 1.44. The molecule has 0 fully saturated rings. The summed E-state index contributed by atoms with van der Waals surface area (Å²) in [6.07, 6.45) is 7.30. The van der Waals surface area contributed by atoms with Crippen LogP contribution in [0.25, 0.3) is 6.08 Å². The van der Waals surface area contributed by atoms with E-state index < -0.39 is 0 Å². The highest BCUT2D eigenvalue weighted by atomic mass is 16.3. The molecule has 1 heterocycles. The van der Waals surface area contributed by atoms with E-state index in [0.29, 0.717) is 0 Å². The minimum atomic E-state index is 0.261. The van der Waals surface area contributed by atoms with E-state index in [9.17, 15) is 0 Å². The summed E-state index contributed by atoms with van der Waals surface area (Å²) in [5.74, 6) is 1.14. The highest BCUT2D eigenvalue weighted by Crippen LogP contribution is 2.33. The van der Waals surface area contributed by atoms with Gasteiger partial charge in [0.25, 0.3) is 0 Å². The summed E-state index contributed by atoms with van der Waals surface area (Å²) in [4.78, 5) is 0. The van der Waals surface area contributed by atoms with Crippen LogP contribution in [0.5, 0.6) is 0 Å². The van der Waals surface area contributed by atoms with Crippen molar-refractivity contribution in [2.75, 3.05) is 0 Å². The molecular formula is C11H14O. The molecule has 1 aromatic rings. The molecule has 0 atom stereocenters. The second kappa shape index (κ2) is 2.25. The van der Waals surface area contributed by atoms with Crippen molar-refractivity contribution in [1.29, 1.82) is 0 Å². The molecular weight excluding hydrogens is 148 g/mol. The van der Waals surface area contributed by atoms with Crippen LogP contribution in [-0.2, 0) is 6.42 Å². The average molecular weight is 162 g/mol. The van der Waals surface area contributed by atoms with Crippen LogP contribution in [0.2, 0.25) is 0 Å². The zero-order valence-electron chi connectivity index (χ0n) is 7.85. The van der Waals surface area contributed by atoms with E-state index in [-0.39, 0.29) is 5.41 Å². The van der Waals surface area contributed by atoms with Crippen LogP contribution in [0.15, 0.2) is 16.8 Å². The Hall–Kier alpha value is -0.980. The van der Waals surface area contributed by atoms with Crippen LogP contribution in [0, 0.1) is 12.3 Å². The summed E-state index contributed by atoms with van der Waals surface area (Å²) < 4.78 is 5.47. The Morgan fingerprint density at radius 1 is 1.42 bits per heavy atom. The van der Waals surface area contributed by atoms with E-state index in [4.69, 9.17) is 4.42 Å². The van der Waals surface area contributed by atoms with Crippen molar-refractivity contribution in [2.45, 2.75) is 27.2 Å². The molecule has 0 amide bonds. The van der Waals surface area contributed by atoms with Crippen molar-refractivity contribution in [3.63, 3.8) is 0 Å². The molecule has 0 saturated heterocycles. The molecule has 0 spiro atoms. The van der Waals surface area contributed by atoms with Gasteiger partial charge >= 0.3 is 0 Å². The normalized spacial score (nSPS) is 19.2. The molecule has 0 saturated carbocycles. The molecule has 12 heavy (non-hydrogen) atoms. The Morgan fingerprint density at radius 3 is 2.92 bits per heavy atom. The summed E-state index contributed by atoms with van der Waals surface area (Å²) in [6, 6.07) is 0. The topological polar surface area (TPSA) is 13.1 Å². The first kappa shape index (κ1) is 7.66. The summed E-state index contributed by atoms with van der Waals surface area (Å²) in [5.41, 5.74) is 2.79. The van der Waals surface area contributed by atoms with Crippen molar-refractivity contribution in [3.05, 3.63) is 29.2 Å². The summed E-state index contributed by atoms with van der Waals surface area (Å²) in [7, 11) is 0. The van der Waals surface area contributed by atoms with Crippen molar-refractivity contribution >= 4 is 6.08 Å². The van der Waals surface area contributed by atoms with E-state index in [2.05, 4.69) is 32.9 Å². The Labute approximate surface area is 73.1 Å². The number of hydrogen-bond acceptors (Lipinski definition) is 1. The van der Waals surface area contributed by atoms with Crippen LogP contribution < -0.4 is 0 Å². The summed E-state index contributed by atoms with van der Waals surface area (Å²) >= 11 is 0. The van der Waals surface area contributed by atoms with E-state index >= 15 is 0 Å². The number of rotatable bonds is 0. The molecule has 1 aliphatic rings. The van der Waals surface area contributed by atoms with Crippen molar-refractivity contribution in [3.8, 4) is 0 Å². The Balaban J connectivity index is 2.48. The van der Waals surface area contributed by atoms with Gasteiger partial charge in [-0.2, -0.15) is 0 Å². The predicted octanol–water partition coefficient (Wildman–Crippen LogP) is 3.18. The van der Waals surface area contributed by atoms with Gasteiger partial charge in [0.15, 0.2) is 0 Å². The van der Waals surface area contributed by atoms with Crippen LogP contribution in [0.4, 0.5) is 0 Å². The van der Waals surface area contributed by atoms with Gasteiger partial charge in [-0.3, -0.25) is 0 Å². The van der Waals surface area contributed by atoms with Gasteiger partial charge in [0, 0.05) is 12.0 Å². The monoisotopic (exact) mass is 162 g/mol. The minimum absolute atomic E-state index is 0.261. The lowest BCUT2D eigenvalue weighted by atomic mass is 9.82. The SMILES string of the molecule is Cc1coc2c1C=CC(C)(C)C2. The van der Waals surface area contributed by atoms with Gasteiger partial charge in [0.1, 0.15) is 5.76 Å². The van der Waals surface area contributed by atoms with E-state index in [1.54, 1.807) is 0 Å². The number of allylic oxidation sites excluding steroid dienone is 1. The first-order valence-electron chi connectivity index (χ1n) is 4.35. The lowest BCUT2D eigenvalue weighted by molar-refractivity contribution is 0.401. The van der Waals surface area contributed by atoms with Gasteiger partial charge in [-0.05, 0) is 17.9 Å². The van der Waals surface area contributed by atoms with Crippen LogP contribution >= 0.6 is 0 Å². The molecule has 2 rings (SSSR count). The fraction of sp³-hybridized carbons (Fsp3) is 0.455. The standard InChI is InChI=1S/C11H14O/c1-8-7-12-10-6-11(2,3)5-4-9(8)10/h4-5,7H,6H2,1-3H3. The molecule has 0 unspecified atom stereocenters. The highest BCUT2D eigenvalue weighted by molar-refractivity contribution is 5.58. The number of hydrogen-bond donors (Lipinski definition) is 0. The van der Waals surface area contributed by atoms with Crippen molar-refractivity contribution < 1.29 is 4.42 Å².